The summed E-state index contributed by atoms with van der Waals surface area (Å²) in [5.41, 5.74) is 2.11. The first-order valence-electron chi connectivity index (χ1n) is 11.0. The number of rotatable bonds is 9. The maximum Gasteiger partial charge on any atom is 0.261 e. The van der Waals surface area contributed by atoms with Gasteiger partial charge in [0.25, 0.3) is 10.0 Å². The second-order valence-electron chi connectivity index (χ2n) is 7.83. The lowest BCUT2D eigenvalue weighted by molar-refractivity contribution is 0.309. The number of hydrogen-bond acceptors (Lipinski definition) is 6. The molecule has 0 aliphatic carbocycles. The molecule has 1 fully saturated rings. The van der Waals surface area contributed by atoms with Crippen LogP contribution in [-0.4, -0.2) is 38.3 Å². The molecule has 1 aromatic heterocycles. The standard InChI is InChI=1S/C24H28N4O3S/c1-2-3-18-31-21-10-12-22(13-11-21)32(29,30)27-20-8-6-19(7-9-20)23-14-15-24(26-25-23)28-16-4-5-17-28/h6-15,27H,2-5,16-18H2,1H3. The van der Waals surface area contributed by atoms with Crippen LogP contribution in [0.5, 0.6) is 5.75 Å². The molecule has 0 saturated carbocycles. The first-order valence-corrected chi connectivity index (χ1v) is 12.5. The summed E-state index contributed by atoms with van der Waals surface area (Å²) in [6, 6.07) is 17.5. The van der Waals surface area contributed by atoms with Crippen LogP contribution in [0.25, 0.3) is 11.3 Å². The minimum atomic E-state index is -3.69. The molecule has 0 unspecified atom stereocenters. The molecule has 8 heteroatoms. The first-order chi connectivity index (χ1) is 15.5. The Kier molecular flexibility index (Phi) is 6.90. The highest BCUT2D eigenvalue weighted by molar-refractivity contribution is 7.92. The number of nitrogens with zero attached hydrogens (tertiary/aromatic N) is 3. The number of aromatic nitrogens is 2. The zero-order valence-corrected chi connectivity index (χ0v) is 19.0. The third kappa shape index (κ3) is 5.37. The van der Waals surface area contributed by atoms with E-state index in [1.54, 1.807) is 36.4 Å². The van der Waals surface area contributed by atoms with Crippen molar-refractivity contribution in [2.75, 3.05) is 29.3 Å². The molecule has 1 saturated heterocycles. The Morgan fingerprint density at radius 1 is 0.938 bits per heavy atom. The molecule has 168 valence electrons. The number of benzene rings is 2. The van der Waals surface area contributed by atoms with Crippen LogP contribution in [0.3, 0.4) is 0 Å². The van der Waals surface area contributed by atoms with Gasteiger partial charge in [-0.15, -0.1) is 10.2 Å². The Hall–Kier alpha value is -3.13. The summed E-state index contributed by atoms with van der Waals surface area (Å²) in [7, 11) is -3.69. The first kappa shape index (κ1) is 22.1. The van der Waals surface area contributed by atoms with Gasteiger partial charge in [0.15, 0.2) is 5.82 Å². The molecule has 0 bridgehead atoms. The van der Waals surface area contributed by atoms with E-state index < -0.39 is 10.0 Å². The van der Waals surface area contributed by atoms with E-state index in [1.165, 1.54) is 12.8 Å². The summed E-state index contributed by atoms with van der Waals surface area (Å²) < 4.78 is 33.6. The molecular weight excluding hydrogens is 424 g/mol. The molecule has 0 atom stereocenters. The van der Waals surface area contributed by atoms with Gasteiger partial charge < -0.3 is 9.64 Å². The minimum absolute atomic E-state index is 0.188. The predicted molar refractivity (Wildman–Crippen MR) is 127 cm³/mol. The lowest BCUT2D eigenvalue weighted by Crippen LogP contribution is -2.19. The topological polar surface area (TPSA) is 84.4 Å². The summed E-state index contributed by atoms with van der Waals surface area (Å²) >= 11 is 0. The molecule has 2 aromatic carbocycles. The fourth-order valence-electron chi connectivity index (χ4n) is 3.57. The van der Waals surface area contributed by atoms with Crippen molar-refractivity contribution < 1.29 is 13.2 Å². The highest BCUT2D eigenvalue weighted by Gasteiger charge is 2.16. The zero-order chi connectivity index (χ0) is 22.4. The van der Waals surface area contributed by atoms with E-state index in [-0.39, 0.29) is 4.90 Å². The highest BCUT2D eigenvalue weighted by Crippen LogP contribution is 2.24. The van der Waals surface area contributed by atoms with Crippen LogP contribution in [0, 0.1) is 0 Å². The van der Waals surface area contributed by atoms with Gasteiger partial charge in [0.05, 0.1) is 17.2 Å². The van der Waals surface area contributed by atoms with E-state index >= 15 is 0 Å². The van der Waals surface area contributed by atoms with Crippen molar-refractivity contribution in [1.82, 2.24) is 10.2 Å². The third-order valence-corrected chi connectivity index (χ3v) is 6.81. The van der Waals surface area contributed by atoms with E-state index in [2.05, 4.69) is 26.7 Å². The molecule has 1 aliphatic heterocycles. The van der Waals surface area contributed by atoms with Gasteiger partial charge in [-0.3, -0.25) is 4.72 Å². The molecule has 0 spiro atoms. The Labute approximate surface area is 189 Å². The number of nitrogens with one attached hydrogen (secondary N) is 1. The quantitative estimate of drug-likeness (QED) is 0.473. The van der Waals surface area contributed by atoms with Crippen molar-refractivity contribution >= 4 is 21.5 Å². The Balaban J connectivity index is 1.40. The van der Waals surface area contributed by atoms with E-state index in [0.717, 1.165) is 43.0 Å². The second kappa shape index (κ2) is 9.99. The monoisotopic (exact) mass is 452 g/mol. The number of unbranched alkanes of at least 4 members (excludes halogenated alkanes) is 1. The molecule has 2 heterocycles. The van der Waals surface area contributed by atoms with Gasteiger partial charge in [-0.2, -0.15) is 0 Å². The Morgan fingerprint density at radius 3 is 2.28 bits per heavy atom. The van der Waals surface area contributed by atoms with Crippen molar-refractivity contribution in [2.45, 2.75) is 37.5 Å². The third-order valence-electron chi connectivity index (χ3n) is 5.41. The van der Waals surface area contributed by atoms with Crippen LogP contribution in [0.15, 0.2) is 65.6 Å². The lowest BCUT2D eigenvalue weighted by atomic mass is 10.1. The van der Waals surface area contributed by atoms with E-state index in [0.29, 0.717) is 18.0 Å². The zero-order valence-electron chi connectivity index (χ0n) is 18.2. The van der Waals surface area contributed by atoms with Gasteiger partial charge in [0, 0.05) is 24.3 Å². The molecule has 4 rings (SSSR count). The normalized spacial score (nSPS) is 13.8. The van der Waals surface area contributed by atoms with E-state index in [4.69, 9.17) is 4.74 Å². The van der Waals surface area contributed by atoms with E-state index in [1.807, 2.05) is 24.3 Å². The van der Waals surface area contributed by atoms with Crippen LogP contribution in [0.2, 0.25) is 0 Å². The minimum Gasteiger partial charge on any atom is -0.494 e. The van der Waals surface area contributed by atoms with Crippen molar-refractivity contribution in [3.8, 4) is 17.0 Å². The van der Waals surface area contributed by atoms with Gasteiger partial charge >= 0.3 is 0 Å². The van der Waals surface area contributed by atoms with Crippen LogP contribution >= 0.6 is 0 Å². The maximum absolute atomic E-state index is 12.7. The van der Waals surface area contributed by atoms with Crippen LogP contribution in [0.4, 0.5) is 11.5 Å². The smallest absolute Gasteiger partial charge is 0.261 e. The van der Waals surface area contributed by atoms with Crippen molar-refractivity contribution in [3.63, 3.8) is 0 Å². The SMILES string of the molecule is CCCCOc1ccc(S(=O)(=O)Nc2ccc(-c3ccc(N4CCCC4)nn3)cc2)cc1. The van der Waals surface area contributed by atoms with Gasteiger partial charge in [0.1, 0.15) is 5.75 Å². The summed E-state index contributed by atoms with van der Waals surface area (Å²) in [6.45, 7) is 4.77. The average Bonchev–Trinajstić information content (AvgIpc) is 3.35. The van der Waals surface area contributed by atoms with Crippen molar-refractivity contribution in [2.24, 2.45) is 0 Å². The number of sulfonamides is 1. The largest absolute Gasteiger partial charge is 0.494 e. The molecule has 1 aliphatic rings. The molecular formula is C24H28N4O3S. The Bertz CT molecular complexity index is 1110. The van der Waals surface area contributed by atoms with Crippen LogP contribution < -0.4 is 14.4 Å². The summed E-state index contributed by atoms with van der Waals surface area (Å²) in [5, 5.41) is 8.68. The molecule has 0 radical (unpaired) electrons. The van der Waals surface area contributed by atoms with Gasteiger partial charge in [-0.25, -0.2) is 8.42 Å². The lowest BCUT2D eigenvalue weighted by Gasteiger charge is -2.15. The second-order valence-corrected chi connectivity index (χ2v) is 9.51. The van der Waals surface area contributed by atoms with Crippen molar-refractivity contribution in [1.29, 1.82) is 0 Å². The molecule has 7 nitrogen and oxygen atoms in total. The summed E-state index contributed by atoms with van der Waals surface area (Å²) in [5.74, 6) is 1.57. The van der Waals surface area contributed by atoms with Gasteiger partial charge in [0.2, 0.25) is 0 Å². The molecule has 1 N–H and O–H groups in total. The number of hydrogen-bond donors (Lipinski definition) is 1. The van der Waals surface area contributed by atoms with Gasteiger partial charge in [-0.1, -0.05) is 25.5 Å². The van der Waals surface area contributed by atoms with Crippen LogP contribution in [-0.2, 0) is 10.0 Å². The molecule has 32 heavy (non-hydrogen) atoms. The molecule has 0 amide bonds. The summed E-state index contributed by atoms with van der Waals surface area (Å²) in [6.07, 6.45) is 4.40. The fraction of sp³-hybridized carbons (Fsp3) is 0.333. The summed E-state index contributed by atoms with van der Waals surface area (Å²) in [4.78, 5) is 2.42. The molecule has 3 aromatic rings. The number of anilines is 2. The maximum atomic E-state index is 12.7. The fourth-order valence-corrected chi connectivity index (χ4v) is 4.63. The average molecular weight is 453 g/mol. The van der Waals surface area contributed by atoms with Crippen molar-refractivity contribution in [3.05, 3.63) is 60.7 Å². The number of ether oxygens (including phenoxy) is 1. The van der Waals surface area contributed by atoms with E-state index in [9.17, 15) is 8.42 Å². The Morgan fingerprint density at radius 2 is 1.66 bits per heavy atom. The highest BCUT2D eigenvalue weighted by atomic mass is 32.2. The van der Waals surface area contributed by atoms with Crippen LogP contribution in [0.1, 0.15) is 32.6 Å². The predicted octanol–water partition coefficient (Wildman–Crippen LogP) is 4.72. The van der Waals surface area contributed by atoms with Gasteiger partial charge in [-0.05, 0) is 67.8 Å².